The first-order chi connectivity index (χ1) is 14.1. The number of fused-ring (bicyclic) bond motifs is 4. The minimum atomic E-state index is -0.884. The van der Waals surface area contributed by atoms with E-state index in [0.29, 0.717) is 5.46 Å². The maximum absolute atomic E-state index is 8.46. The van der Waals surface area contributed by atoms with Crippen LogP contribution in [0.5, 0.6) is 23.0 Å². The Kier molecular flexibility index (Phi) is 1.25. The van der Waals surface area contributed by atoms with Gasteiger partial charge in [-0.2, -0.15) is 0 Å². The Balaban J connectivity index is 1.99. The number of para-hydroxylation sites is 2. The fourth-order valence-corrected chi connectivity index (χ4v) is 2.96. The van der Waals surface area contributed by atoms with Gasteiger partial charge in [0.25, 0.3) is 6.71 Å². The minimum absolute atomic E-state index is 0.0460. The lowest BCUT2D eigenvalue weighted by molar-refractivity contribution is 0.464. The van der Waals surface area contributed by atoms with Gasteiger partial charge in [0.2, 0.25) is 0 Å². The van der Waals surface area contributed by atoms with Gasteiger partial charge in [0.05, 0.1) is 11.0 Å². The van der Waals surface area contributed by atoms with Crippen molar-refractivity contribution in [2.75, 3.05) is 0 Å². The van der Waals surface area contributed by atoms with Crippen molar-refractivity contribution in [3.63, 3.8) is 0 Å². The molecule has 104 valence electrons. The number of ether oxygens (including phenoxy) is 2. The van der Waals surface area contributed by atoms with Crippen molar-refractivity contribution in [2.45, 2.75) is 6.92 Å². The molecule has 0 aromatic heterocycles. The molecule has 0 amide bonds. The van der Waals surface area contributed by atoms with E-state index in [2.05, 4.69) is 0 Å². The molecule has 0 saturated heterocycles. The predicted molar refractivity (Wildman–Crippen MR) is 88.9 cm³/mol. The highest BCUT2D eigenvalue weighted by Gasteiger charge is 2.39. The van der Waals surface area contributed by atoms with Crippen molar-refractivity contribution in [2.24, 2.45) is 0 Å². The van der Waals surface area contributed by atoms with E-state index in [-0.39, 0.29) is 87.8 Å². The normalized spacial score (nSPS) is 18.5. The van der Waals surface area contributed by atoms with E-state index in [0.717, 1.165) is 0 Å². The molecular formula is C19H13BO2. The first-order valence-corrected chi connectivity index (χ1v) is 6.84. The number of rotatable bonds is 0. The van der Waals surface area contributed by atoms with Crippen molar-refractivity contribution in [3.8, 4) is 23.0 Å². The van der Waals surface area contributed by atoms with E-state index in [1.807, 2.05) is 0 Å². The van der Waals surface area contributed by atoms with E-state index in [1.54, 1.807) is 6.92 Å². The molecule has 0 radical (unpaired) electrons. The average molecular weight is 292 g/mol. The van der Waals surface area contributed by atoms with Crippen molar-refractivity contribution in [3.05, 3.63) is 66.0 Å². The van der Waals surface area contributed by atoms with E-state index < -0.39 is 6.71 Å². The molecule has 5 rings (SSSR count). The van der Waals surface area contributed by atoms with Crippen LogP contribution in [-0.4, -0.2) is 6.71 Å². The molecule has 0 saturated carbocycles. The van der Waals surface area contributed by atoms with Crippen LogP contribution in [0.4, 0.5) is 0 Å². The first kappa shape index (κ1) is 6.61. The highest BCUT2D eigenvalue weighted by atomic mass is 16.5. The summed E-state index contributed by atoms with van der Waals surface area (Å²) in [5.74, 6) is 0.0210. The molecule has 3 heteroatoms. The minimum Gasteiger partial charge on any atom is -0.458 e. The Morgan fingerprint density at radius 1 is 0.818 bits per heavy atom. The average Bonchev–Trinajstić information content (AvgIpc) is 2.71. The molecule has 0 fully saturated rings. The van der Waals surface area contributed by atoms with Crippen molar-refractivity contribution < 1.29 is 20.4 Å². The lowest BCUT2D eigenvalue weighted by atomic mass is 9.35. The summed E-state index contributed by atoms with van der Waals surface area (Å²) in [6.07, 6.45) is 0. The molecule has 0 spiro atoms. The first-order valence-electron chi connectivity index (χ1n) is 10.8. The number of hydrogen-bond donors (Lipinski definition) is 0. The SMILES string of the molecule is [2H]c1cc([2H])c2c(c1[2H])Oc1c([2H])c(C)c([2H])c3c1B2c1c([2H])cc([2H])c([2H])c1O3. The van der Waals surface area contributed by atoms with E-state index >= 15 is 0 Å². The second kappa shape index (κ2) is 4.17. The van der Waals surface area contributed by atoms with Crippen LogP contribution in [0.1, 0.15) is 16.5 Å². The number of benzene rings is 3. The lowest BCUT2D eigenvalue weighted by Gasteiger charge is -2.33. The molecule has 2 aliphatic heterocycles. The molecule has 0 bridgehead atoms. The molecule has 22 heavy (non-hydrogen) atoms. The lowest BCUT2D eigenvalue weighted by Crippen LogP contribution is -2.57. The highest BCUT2D eigenvalue weighted by Crippen LogP contribution is 2.34. The third-order valence-corrected chi connectivity index (χ3v) is 3.83. The smallest absolute Gasteiger partial charge is 0.260 e. The second-order valence-electron chi connectivity index (χ2n) is 5.19. The van der Waals surface area contributed by atoms with Crippen LogP contribution in [-0.2, 0) is 0 Å². The molecule has 2 nitrogen and oxygen atoms in total. The Morgan fingerprint density at radius 3 is 1.91 bits per heavy atom. The van der Waals surface area contributed by atoms with Crippen LogP contribution < -0.4 is 25.9 Å². The summed E-state index contributed by atoms with van der Waals surface area (Å²) in [4.78, 5) is 0. The van der Waals surface area contributed by atoms with Gasteiger partial charge < -0.3 is 9.47 Å². The molecule has 3 aromatic rings. The summed E-state index contributed by atoms with van der Waals surface area (Å²) in [7, 11) is 0. The fourth-order valence-electron chi connectivity index (χ4n) is 2.96. The van der Waals surface area contributed by atoms with Gasteiger partial charge in [-0.3, -0.25) is 0 Å². The van der Waals surface area contributed by atoms with Gasteiger partial charge in [-0.15, -0.1) is 0 Å². The van der Waals surface area contributed by atoms with Gasteiger partial charge >= 0.3 is 0 Å². The summed E-state index contributed by atoms with van der Waals surface area (Å²) < 4.78 is 78.1. The van der Waals surface area contributed by atoms with Crippen molar-refractivity contribution in [1.82, 2.24) is 0 Å². The Bertz CT molecular complexity index is 1210. The topological polar surface area (TPSA) is 18.5 Å². The van der Waals surface area contributed by atoms with Crippen LogP contribution in [0.2, 0.25) is 0 Å². The molecule has 3 aromatic carbocycles. The maximum atomic E-state index is 8.46. The van der Waals surface area contributed by atoms with Crippen LogP contribution in [0.15, 0.2) is 60.5 Å². The van der Waals surface area contributed by atoms with Crippen LogP contribution in [0.3, 0.4) is 0 Å². The zero-order chi connectivity index (χ0) is 21.6. The van der Waals surface area contributed by atoms with Crippen LogP contribution in [0.25, 0.3) is 0 Å². The van der Waals surface area contributed by atoms with Gasteiger partial charge in [0, 0.05) is 5.46 Å². The van der Waals surface area contributed by atoms with E-state index in [9.17, 15) is 0 Å². The molecular weight excluding hydrogens is 271 g/mol. The number of hydrogen-bond acceptors (Lipinski definition) is 2. The summed E-state index contributed by atoms with van der Waals surface area (Å²) in [5.41, 5.74) is 1.02. The Morgan fingerprint density at radius 2 is 1.36 bits per heavy atom. The molecule has 0 aliphatic carbocycles. The predicted octanol–water partition coefficient (Wildman–Crippen LogP) is 2.72. The third-order valence-electron chi connectivity index (χ3n) is 3.83. The van der Waals surface area contributed by atoms with Crippen LogP contribution in [0, 0.1) is 6.92 Å². The Labute approximate surface area is 140 Å². The van der Waals surface area contributed by atoms with Crippen LogP contribution >= 0.6 is 0 Å². The zero-order valence-corrected chi connectivity index (χ0v) is 11.5. The summed E-state index contributed by atoms with van der Waals surface area (Å²) in [6.45, 7) is 0.677. The molecule has 0 atom stereocenters. The van der Waals surface area contributed by atoms with Gasteiger partial charge in [0.1, 0.15) is 23.0 Å². The highest BCUT2D eigenvalue weighted by molar-refractivity contribution is 6.98. The van der Waals surface area contributed by atoms with Gasteiger partial charge in [-0.05, 0) is 47.6 Å². The molecule has 2 aliphatic rings. The monoisotopic (exact) mass is 292 g/mol. The second-order valence-corrected chi connectivity index (χ2v) is 5.19. The quantitative estimate of drug-likeness (QED) is 0.409. The standard InChI is InChI=1S/C19H13BO2/c1-12-10-17-19-18(11-12)22-16-9-5-3-7-14(16)20(19)13-6-2-4-8-15(13)21-17/h2-11H,1H3/i4D,5D,6D,7D,8D,9D,10D,11D. The Hall–Kier alpha value is -2.68. The van der Waals surface area contributed by atoms with Gasteiger partial charge in [0.15, 0.2) is 0 Å². The third kappa shape index (κ3) is 1.51. The maximum Gasteiger partial charge on any atom is 0.260 e. The zero-order valence-electron chi connectivity index (χ0n) is 19.5. The van der Waals surface area contributed by atoms with Gasteiger partial charge in [-0.25, -0.2) is 0 Å². The molecule has 0 N–H and O–H groups in total. The van der Waals surface area contributed by atoms with Crippen molar-refractivity contribution >= 4 is 23.1 Å². The molecule has 2 heterocycles. The fraction of sp³-hybridized carbons (Fsp3) is 0.0526. The largest absolute Gasteiger partial charge is 0.458 e. The summed E-state index contributed by atoms with van der Waals surface area (Å²) in [5, 5.41) is 0. The summed E-state index contributed by atoms with van der Waals surface area (Å²) >= 11 is 0. The van der Waals surface area contributed by atoms with E-state index in [1.165, 1.54) is 12.1 Å². The molecule has 0 unspecified atom stereocenters. The van der Waals surface area contributed by atoms with E-state index in [4.69, 9.17) is 20.4 Å². The van der Waals surface area contributed by atoms with Gasteiger partial charge in [-0.1, -0.05) is 36.3 Å². The van der Waals surface area contributed by atoms with Crippen molar-refractivity contribution in [1.29, 1.82) is 0 Å². The summed E-state index contributed by atoms with van der Waals surface area (Å²) in [6, 6.07) is 1.21.